The minimum Gasteiger partial charge on any atom is -0.397 e. The van der Waals surface area contributed by atoms with Gasteiger partial charge in [0.1, 0.15) is 0 Å². The minimum absolute atomic E-state index is 0.00659. The highest BCUT2D eigenvalue weighted by molar-refractivity contribution is 7.79. The van der Waals surface area contributed by atoms with Gasteiger partial charge in [-0.15, -0.1) is 0 Å². The summed E-state index contributed by atoms with van der Waals surface area (Å²) in [4.78, 5) is 22.2. The van der Waals surface area contributed by atoms with Gasteiger partial charge in [-0.05, 0) is 18.9 Å². The topological polar surface area (TPSA) is 225 Å². The molecule has 0 amide bonds. The van der Waals surface area contributed by atoms with Gasteiger partial charge in [-0.2, -0.15) is 13.4 Å². The smallest absolute Gasteiger partial charge is 0.394 e. The molecule has 8 N–H and O–H groups in total. The highest BCUT2D eigenvalue weighted by atomic mass is 32.3. The number of imidazole rings is 1. The van der Waals surface area contributed by atoms with Crippen LogP contribution in [-0.2, 0) is 10.4 Å². The fourth-order valence-corrected chi connectivity index (χ4v) is 2.74. The van der Waals surface area contributed by atoms with Crippen LogP contribution in [0.15, 0.2) is 23.3 Å². The Balaban J connectivity index is 0.000000421. The molecule has 3 atom stereocenters. The molecule has 0 radical (unpaired) electrons. The van der Waals surface area contributed by atoms with Gasteiger partial charge in [0, 0.05) is 12.5 Å². The van der Waals surface area contributed by atoms with Crippen LogP contribution in [0.5, 0.6) is 0 Å². The number of aromatic nitrogens is 4. The summed E-state index contributed by atoms with van der Waals surface area (Å²) in [6.07, 6.45) is 1.20. The number of fused-ring (bicyclic) bond motifs is 1. The molecule has 28 heavy (non-hydrogen) atoms. The summed E-state index contributed by atoms with van der Waals surface area (Å²) >= 11 is 0. The van der Waals surface area contributed by atoms with Crippen LogP contribution in [0.1, 0.15) is 19.4 Å². The maximum atomic E-state index is 11.7. The zero-order chi connectivity index (χ0) is 21.6. The molecular formula is C14H23N5O8S. The van der Waals surface area contributed by atoms with Gasteiger partial charge in [-0.25, -0.2) is 4.98 Å². The number of hydrogen-bond acceptors (Lipinski definition) is 9. The number of aliphatic hydroxyl groups excluding tert-OH is 3. The average Bonchev–Trinajstić information content (AvgIpc) is 3.07. The van der Waals surface area contributed by atoms with Crippen LogP contribution < -0.4 is 11.3 Å². The predicted octanol–water partition coefficient (Wildman–Crippen LogP) is -1.48. The number of nitrogens with zero attached hydrogens (tertiary/aromatic N) is 3. The van der Waals surface area contributed by atoms with E-state index >= 15 is 0 Å². The molecule has 1 fully saturated rings. The molecule has 0 bridgehead atoms. The number of rotatable bonds is 2. The molecule has 0 aromatic carbocycles. The Kier molecular flexibility index (Phi) is 8.22. The van der Waals surface area contributed by atoms with Crippen LogP contribution in [0, 0.1) is 5.92 Å². The van der Waals surface area contributed by atoms with Gasteiger partial charge < -0.3 is 25.6 Å². The van der Waals surface area contributed by atoms with E-state index in [2.05, 4.69) is 21.5 Å². The maximum absolute atomic E-state index is 11.7. The van der Waals surface area contributed by atoms with Crippen molar-refractivity contribution in [2.75, 3.05) is 18.9 Å². The van der Waals surface area contributed by atoms with Gasteiger partial charge in [-0.3, -0.25) is 18.9 Å². The lowest BCUT2D eigenvalue weighted by Gasteiger charge is -2.15. The first-order valence-electron chi connectivity index (χ1n) is 7.95. The Morgan fingerprint density at radius 3 is 2.39 bits per heavy atom. The zero-order valence-corrected chi connectivity index (χ0v) is 15.7. The standard InChI is InChI=1S/C12H15N5O3.C2H6O.H2O4S/c1-5-6(3-18)8(19)2-7(5)17-4-14-9-10(17)15-12(13)16-11(9)20;1-2-3;1-5(2,3)4/h4,6-8,18-19H,1-3H2,(H3,13,15,16,20);3H,2H2,1H3;(H2,1,2,3,4)/t6-,7-,8-;;/m0../s1. The summed E-state index contributed by atoms with van der Waals surface area (Å²) < 4.78 is 33.3. The SMILES string of the molecule is C=C1[C@H](CO)[C@@H](O)C[C@@H]1n1cnc2c(=O)[nH]c(N)nc21.CCO.O=S(=O)(O)O. The van der Waals surface area contributed by atoms with Crippen molar-refractivity contribution < 1.29 is 32.8 Å². The molecule has 1 aliphatic carbocycles. The van der Waals surface area contributed by atoms with Gasteiger partial charge in [0.25, 0.3) is 5.56 Å². The van der Waals surface area contributed by atoms with Crippen molar-refractivity contribution in [1.29, 1.82) is 0 Å². The normalized spacial score (nSPS) is 21.6. The fraction of sp³-hybridized carbons (Fsp3) is 0.500. The van der Waals surface area contributed by atoms with Gasteiger partial charge in [0.05, 0.1) is 25.1 Å². The zero-order valence-electron chi connectivity index (χ0n) is 14.9. The fourth-order valence-electron chi connectivity index (χ4n) is 2.74. The van der Waals surface area contributed by atoms with E-state index in [9.17, 15) is 15.0 Å². The third-order valence-electron chi connectivity index (χ3n) is 3.82. The number of nitrogen functional groups attached to an aromatic ring is 1. The van der Waals surface area contributed by atoms with E-state index in [1.807, 2.05) is 0 Å². The lowest BCUT2D eigenvalue weighted by Crippen LogP contribution is -2.17. The van der Waals surface area contributed by atoms with Crippen molar-refractivity contribution in [3.05, 3.63) is 28.8 Å². The van der Waals surface area contributed by atoms with Crippen LogP contribution >= 0.6 is 0 Å². The Labute approximate surface area is 159 Å². The van der Waals surface area contributed by atoms with Crippen LogP contribution in [0.3, 0.4) is 0 Å². The average molecular weight is 421 g/mol. The number of anilines is 1. The molecule has 0 saturated heterocycles. The second kappa shape index (κ2) is 9.72. The Bertz CT molecular complexity index is 962. The minimum atomic E-state index is -4.67. The molecule has 2 aromatic rings. The van der Waals surface area contributed by atoms with Gasteiger partial charge in [-0.1, -0.05) is 6.58 Å². The number of hydrogen-bond donors (Lipinski definition) is 7. The first kappa shape index (κ1) is 23.7. The molecule has 14 heteroatoms. The van der Waals surface area contributed by atoms with Gasteiger partial charge in [0.2, 0.25) is 5.95 Å². The number of nitrogens with one attached hydrogen (secondary N) is 1. The van der Waals surface area contributed by atoms with Gasteiger partial charge >= 0.3 is 10.4 Å². The Hall–Kier alpha value is -2.36. The van der Waals surface area contributed by atoms with Gasteiger partial charge in [0.15, 0.2) is 11.2 Å². The Morgan fingerprint density at radius 2 is 1.93 bits per heavy atom. The van der Waals surface area contributed by atoms with E-state index in [4.69, 9.17) is 28.4 Å². The molecule has 3 rings (SSSR count). The van der Waals surface area contributed by atoms with Crippen molar-refractivity contribution in [2.45, 2.75) is 25.5 Å². The van der Waals surface area contributed by atoms with E-state index < -0.39 is 22.1 Å². The number of aliphatic hydroxyl groups is 3. The van der Waals surface area contributed by atoms with Crippen molar-refractivity contribution in [3.8, 4) is 0 Å². The van der Waals surface area contributed by atoms with E-state index in [0.29, 0.717) is 17.6 Å². The number of nitrogens with two attached hydrogens (primary N) is 1. The predicted molar refractivity (Wildman–Crippen MR) is 98.9 cm³/mol. The van der Waals surface area contributed by atoms with Crippen molar-refractivity contribution in [1.82, 2.24) is 19.5 Å². The molecule has 2 heterocycles. The molecule has 1 saturated carbocycles. The third-order valence-corrected chi connectivity index (χ3v) is 3.82. The van der Waals surface area contributed by atoms with E-state index in [1.165, 1.54) is 6.33 Å². The number of H-pyrrole nitrogens is 1. The molecule has 2 aromatic heterocycles. The van der Waals surface area contributed by atoms with Crippen LogP contribution in [0.4, 0.5) is 5.95 Å². The highest BCUT2D eigenvalue weighted by Crippen LogP contribution is 2.39. The molecular weight excluding hydrogens is 398 g/mol. The van der Waals surface area contributed by atoms with E-state index in [-0.39, 0.29) is 36.6 Å². The summed E-state index contributed by atoms with van der Waals surface area (Å²) in [5, 5.41) is 26.8. The second-order valence-electron chi connectivity index (χ2n) is 5.72. The third kappa shape index (κ3) is 6.08. The summed E-state index contributed by atoms with van der Waals surface area (Å²) in [7, 11) is -4.67. The summed E-state index contributed by atoms with van der Waals surface area (Å²) in [6, 6.07) is -0.263. The van der Waals surface area contributed by atoms with Crippen molar-refractivity contribution in [3.63, 3.8) is 0 Å². The molecule has 0 aliphatic heterocycles. The highest BCUT2D eigenvalue weighted by Gasteiger charge is 2.37. The summed E-state index contributed by atoms with van der Waals surface area (Å²) in [5.41, 5.74) is 6.37. The van der Waals surface area contributed by atoms with Crippen molar-refractivity contribution >= 4 is 27.5 Å². The lowest BCUT2D eigenvalue weighted by atomic mass is 10.0. The van der Waals surface area contributed by atoms with Crippen molar-refractivity contribution in [2.24, 2.45) is 5.92 Å². The monoisotopic (exact) mass is 421 g/mol. The molecule has 13 nitrogen and oxygen atoms in total. The lowest BCUT2D eigenvalue weighted by molar-refractivity contribution is 0.101. The molecule has 1 aliphatic rings. The van der Waals surface area contributed by atoms with Crippen LogP contribution in [0.25, 0.3) is 11.2 Å². The first-order chi connectivity index (χ1) is 12.9. The van der Waals surface area contributed by atoms with Crippen LogP contribution in [0.2, 0.25) is 0 Å². The molecule has 0 spiro atoms. The summed E-state index contributed by atoms with van der Waals surface area (Å²) in [6.45, 7) is 5.70. The maximum Gasteiger partial charge on any atom is 0.394 e. The first-order valence-corrected chi connectivity index (χ1v) is 9.34. The largest absolute Gasteiger partial charge is 0.397 e. The van der Waals surface area contributed by atoms with E-state index in [1.54, 1.807) is 11.5 Å². The van der Waals surface area contributed by atoms with E-state index in [0.717, 1.165) is 0 Å². The Morgan fingerprint density at radius 1 is 1.39 bits per heavy atom. The number of aromatic amines is 1. The molecule has 158 valence electrons. The van der Waals surface area contributed by atoms with Crippen LogP contribution in [-0.4, -0.2) is 71.7 Å². The quantitative estimate of drug-likeness (QED) is 0.218. The second-order valence-corrected chi connectivity index (χ2v) is 6.62. The summed E-state index contributed by atoms with van der Waals surface area (Å²) in [5.74, 6) is -0.371. The molecule has 0 unspecified atom stereocenters.